The molecule has 74 valence electrons. The highest BCUT2D eigenvalue weighted by Gasteiger charge is 2.38. The minimum absolute atomic E-state index is 0.333. The van der Waals surface area contributed by atoms with Crippen LogP contribution in [-0.4, -0.2) is 27.5 Å². The molecule has 0 radical (unpaired) electrons. The Morgan fingerprint density at radius 3 is 2.57 bits per heavy atom. The van der Waals surface area contributed by atoms with E-state index in [2.05, 4.69) is 0 Å². The summed E-state index contributed by atoms with van der Waals surface area (Å²) in [4.78, 5) is 11.6. The first kappa shape index (κ1) is 9.65. The van der Waals surface area contributed by atoms with Crippen molar-refractivity contribution >= 4 is 17.4 Å². The number of benzene rings is 1. The van der Waals surface area contributed by atoms with Crippen molar-refractivity contribution in [1.29, 1.82) is 0 Å². The Balaban J connectivity index is 2.56. The van der Waals surface area contributed by atoms with Crippen molar-refractivity contribution < 1.29 is 15.0 Å². The molecule has 1 aliphatic carbocycles. The molecule has 1 aromatic rings. The maximum Gasteiger partial charge on any atom is 0.183 e. The quantitative estimate of drug-likeness (QED) is 0.628. The number of aliphatic hydroxyl groups is 2. The van der Waals surface area contributed by atoms with E-state index in [-0.39, 0.29) is 5.78 Å². The Kier molecular flexibility index (Phi) is 2.31. The predicted molar refractivity (Wildman–Crippen MR) is 51.4 cm³/mol. The highest BCUT2D eigenvalue weighted by Crippen LogP contribution is 2.32. The van der Waals surface area contributed by atoms with Gasteiger partial charge in [-0.2, -0.15) is 0 Å². The van der Waals surface area contributed by atoms with Gasteiger partial charge in [0.1, 0.15) is 17.6 Å². The lowest BCUT2D eigenvalue weighted by atomic mass is 9.86. The molecule has 0 bridgehead atoms. The monoisotopic (exact) mass is 212 g/mol. The van der Waals surface area contributed by atoms with Crippen LogP contribution in [-0.2, 0) is 0 Å². The van der Waals surface area contributed by atoms with Gasteiger partial charge in [0, 0.05) is 5.56 Å². The summed E-state index contributed by atoms with van der Waals surface area (Å²) in [6.07, 6.45) is -2.30. The Bertz CT molecular complexity index is 377. The van der Waals surface area contributed by atoms with E-state index in [1.165, 1.54) is 0 Å². The van der Waals surface area contributed by atoms with Gasteiger partial charge >= 0.3 is 0 Å². The third-order valence-electron chi connectivity index (χ3n) is 2.42. The summed E-state index contributed by atoms with van der Waals surface area (Å²) in [5.74, 6) is -0.333. The van der Waals surface area contributed by atoms with Crippen LogP contribution in [0.1, 0.15) is 22.0 Å². The molecule has 14 heavy (non-hydrogen) atoms. The fraction of sp³-hybridized carbons (Fsp3) is 0.300. The van der Waals surface area contributed by atoms with Gasteiger partial charge in [-0.15, -0.1) is 11.6 Å². The van der Waals surface area contributed by atoms with E-state index in [1.807, 2.05) is 0 Å². The molecule has 0 aliphatic heterocycles. The second-order valence-corrected chi connectivity index (χ2v) is 3.76. The summed E-state index contributed by atoms with van der Waals surface area (Å²) in [6, 6.07) is 6.62. The van der Waals surface area contributed by atoms with Gasteiger partial charge in [-0.05, 0) is 5.56 Å². The summed E-state index contributed by atoms with van der Waals surface area (Å²) < 4.78 is 0. The van der Waals surface area contributed by atoms with Gasteiger partial charge in [0.25, 0.3) is 0 Å². The first-order valence-electron chi connectivity index (χ1n) is 4.26. The molecule has 0 saturated carbocycles. The second-order valence-electron chi connectivity index (χ2n) is 3.29. The first-order valence-corrected chi connectivity index (χ1v) is 4.70. The minimum atomic E-state index is -1.22. The summed E-state index contributed by atoms with van der Waals surface area (Å²) in [7, 11) is 0. The number of hydrogen-bond acceptors (Lipinski definition) is 3. The summed E-state index contributed by atoms with van der Waals surface area (Å²) in [5, 5.41) is 18.0. The van der Waals surface area contributed by atoms with Crippen LogP contribution in [0, 0.1) is 0 Å². The van der Waals surface area contributed by atoms with Gasteiger partial charge < -0.3 is 10.2 Å². The van der Waals surface area contributed by atoms with Gasteiger partial charge in [-0.1, -0.05) is 24.3 Å². The number of Topliss-reactive ketones (excluding diaryl/α,β-unsaturated/α-hetero) is 1. The van der Waals surface area contributed by atoms with Crippen LogP contribution in [0.4, 0.5) is 0 Å². The fourth-order valence-electron chi connectivity index (χ4n) is 1.63. The van der Waals surface area contributed by atoms with Crippen LogP contribution in [0.25, 0.3) is 0 Å². The number of carbonyl (C=O) groups is 1. The first-order chi connectivity index (χ1) is 6.63. The van der Waals surface area contributed by atoms with E-state index < -0.39 is 17.6 Å². The average Bonchev–Trinajstić information content (AvgIpc) is 2.23. The van der Waals surface area contributed by atoms with Crippen LogP contribution in [0.15, 0.2) is 24.3 Å². The van der Waals surface area contributed by atoms with Crippen molar-refractivity contribution in [1.82, 2.24) is 0 Å². The van der Waals surface area contributed by atoms with Crippen molar-refractivity contribution in [2.75, 3.05) is 0 Å². The van der Waals surface area contributed by atoms with E-state index in [0.717, 1.165) is 0 Å². The molecule has 1 aliphatic rings. The summed E-state index contributed by atoms with van der Waals surface area (Å²) in [6.45, 7) is 0. The van der Waals surface area contributed by atoms with Crippen LogP contribution in [0.2, 0.25) is 0 Å². The van der Waals surface area contributed by atoms with E-state index in [0.29, 0.717) is 11.1 Å². The molecule has 4 heteroatoms. The van der Waals surface area contributed by atoms with E-state index in [9.17, 15) is 15.0 Å². The molecule has 2 N–H and O–H groups in total. The number of hydrogen-bond donors (Lipinski definition) is 2. The molecule has 0 fully saturated rings. The third-order valence-corrected chi connectivity index (χ3v) is 2.88. The lowest BCUT2D eigenvalue weighted by Gasteiger charge is -2.28. The predicted octanol–water partition coefficient (Wildman–Crippen LogP) is 0.885. The van der Waals surface area contributed by atoms with Crippen molar-refractivity contribution in [2.45, 2.75) is 17.6 Å². The molecule has 3 nitrogen and oxygen atoms in total. The van der Waals surface area contributed by atoms with E-state index in [4.69, 9.17) is 11.6 Å². The second kappa shape index (κ2) is 3.35. The van der Waals surface area contributed by atoms with Crippen molar-refractivity contribution in [2.24, 2.45) is 0 Å². The zero-order valence-corrected chi connectivity index (χ0v) is 7.98. The summed E-state index contributed by atoms with van der Waals surface area (Å²) >= 11 is 5.68. The zero-order chi connectivity index (χ0) is 10.3. The average molecular weight is 213 g/mol. The molecule has 0 saturated heterocycles. The molecule has 0 unspecified atom stereocenters. The largest absolute Gasteiger partial charge is 0.388 e. The van der Waals surface area contributed by atoms with Gasteiger partial charge in [0.05, 0.1) is 0 Å². The van der Waals surface area contributed by atoms with Crippen LogP contribution < -0.4 is 0 Å². The zero-order valence-electron chi connectivity index (χ0n) is 7.22. The van der Waals surface area contributed by atoms with Gasteiger partial charge in [0.15, 0.2) is 5.78 Å². The topological polar surface area (TPSA) is 57.5 Å². The Hall–Kier alpha value is -0.900. The maximum absolute atomic E-state index is 11.6. The Labute approximate surface area is 85.9 Å². The lowest BCUT2D eigenvalue weighted by molar-refractivity contribution is 0.0110. The molecule has 0 amide bonds. The molecule has 0 spiro atoms. The number of rotatable bonds is 0. The molecule has 0 heterocycles. The minimum Gasteiger partial charge on any atom is -0.388 e. The summed E-state index contributed by atoms with van der Waals surface area (Å²) in [5.41, 5.74) is 0.840. The highest BCUT2D eigenvalue weighted by atomic mass is 35.5. The molecule has 3 atom stereocenters. The van der Waals surface area contributed by atoms with Gasteiger partial charge in [-0.25, -0.2) is 0 Å². The SMILES string of the molecule is O=C1c2ccccc2[C@H](O)[C@H](O)[C@H]1Cl. The van der Waals surface area contributed by atoms with Crippen LogP contribution in [0.5, 0.6) is 0 Å². The highest BCUT2D eigenvalue weighted by molar-refractivity contribution is 6.35. The Morgan fingerprint density at radius 1 is 1.21 bits per heavy atom. The molecular weight excluding hydrogens is 204 g/mol. The van der Waals surface area contributed by atoms with Gasteiger partial charge in [0.2, 0.25) is 0 Å². The van der Waals surface area contributed by atoms with E-state index in [1.54, 1.807) is 24.3 Å². The van der Waals surface area contributed by atoms with Crippen molar-refractivity contribution in [3.63, 3.8) is 0 Å². The normalized spacial score (nSPS) is 31.4. The van der Waals surface area contributed by atoms with Crippen molar-refractivity contribution in [3.05, 3.63) is 35.4 Å². The number of halogens is 1. The van der Waals surface area contributed by atoms with Crippen LogP contribution in [0.3, 0.4) is 0 Å². The number of ketones is 1. The van der Waals surface area contributed by atoms with Gasteiger partial charge in [-0.3, -0.25) is 4.79 Å². The maximum atomic E-state index is 11.6. The smallest absolute Gasteiger partial charge is 0.183 e. The number of fused-ring (bicyclic) bond motifs is 1. The fourth-order valence-corrected chi connectivity index (χ4v) is 1.88. The van der Waals surface area contributed by atoms with Crippen LogP contribution >= 0.6 is 11.6 Å². The third kappa shape index (κ3) is 1.25. The molecule has 2 rings (SSSR count). The number of carbonyl (C=O) groups excluding carboxylic acids is 1. The van der Waals surface area contributed by atoms with E-state index >= 15 is 0 Å². The Morgan fingerprint density at radius 2 is 1.86 bits per heavy atom. The lowest BCUT2D eigenvalue weighted by Crippen LogP contribution is -2.39. The number of alkyl halides is 1. The van der Waals surface area contributed by atoms with Crippen molar-refractivity contribution in [3.8, 4) is 0 Å². The molecular formula is C10H9ClO3. The molecule has 0 aromatic heterocycles. The molecule has 1 aromatic carbocycles. The number of aliphatic hydroxyl groups excluding tert-OH is 2. The standard InChI is InChI=1S/C10H9ClO3/c11-7-8(12)5-3-1-2-4-6(5)9(13)10(7)14/h1-4,7,9-10,13-14H/t7-,9-,10+/m0/s1.